The lowest BCUT2D eigenvalue weighted by atomic mass is 9.88. The molecule has 5 rings (SSSR count). The molecule has 1 amide bonds. The fraction of sp³-hybridized carbons (Fsp3) is 0.179. The Bertz CT molecular complexity index is 1330. The van der Waals surface area contributed by atoms with Crippen LogP contribution in [0.5, 0.6) is 11.5 Å². The van der Waals surface area contributed by atoms with E-state index in [1.165, 1.54) is 21.9 Å². The van der Waals surface area contributed by atoms with E-state index in [0.29, 0.717) is 23.7 Å². The van der Waals surface area contributed by atoms with Gasteiger partial charge in [-0.3, -0.25) is 9.59 Å². The second-order valence-electron chi connectivity index (χ2n) is 8.30. The summed E-state index contributed by atoms with van der Waals surface area (Å²) in [5.41, 5.74) is 3.40. The predicted molar refractivity (Wildman–Crippen MR) is 132 cm³/mol. The molecule has 1 aliphatic heterocycles. The number of benzene rings is 3. The van der Waals surface area contributed by atoms with E-state index in [4.69, 9.17) is 9.47 Å². The van der Waals surface area contributed by atoms with Gasteiger partial charge in [-0.2, -0.15) is 5.10 Å². The van der Waals surface area contributed by atoms with Crippen molar-refractivity contribution in [3.8, 4) is 22.8 Å². The van der Waals surface area contributed by atoms with Gasteiger partial charge in [-0.05, 0) is 41.8 Å². The third kappa shape index (κ3) is 5.24. The predicted octanol–water partition coefficient (Wildman–Crippen LogP) is 3.98. The number of carbonyl (C=O) groups excluding carboxylic acids is 1. The first-order valence-electron chi connectivity index (χ1n) is 11.5. The fourth-order valence-electron chi connectivity index (χ4n) is 4.22. The van der Waals surface area contributed by atoms with Crippen LogP contribution in [-0.2, 0) is 11.3 Å². The second kappa shape index (κ2) is 10.3. The molecule has 0 spiro atoms. The van der Waals surface area contributed by atoms with Gasteiger partial charge in [-0.25, -0.2) is 4.68 Å². The zero-order valence-corrected chi connectivity index (χ0v) is 19.1. The molecule has 1 aliphatic rings. The third-order valence-corrected chi connectivity index (χ3v) is 5.99. The van der Waals surface area contributed by atoms with Crippen LogP contribution in [-0.4, -0.2) is 29.0 Å². The summed E-state index contributed by atoms with van der Waals surface area (Å²) in [5, 5.41) is 7.34. The first-order chi connectivity index (χ1) is 17.2. The van der Waals surface area contributed by atoms with Gasteiger partial charge in [0.15, 0.2) is 11.5 Å². The van der Waals surface area contributed by atoms with E-state index >= 15 is 0 Å². The number of nitrogens with one attached hydrogen (secondary N) is 1. The molecule has 7 heteroatoms. The summed E-state index contributed by atoms with van der Waals surface area (Å²) in [6.45, 7) is 0.504. The number of nitrogens with zero attached hydrogens (tertiary/aromatic N) is 2. The maximum absolute atomic E-state index is 12.7. The summed E-state index contributed by atoms with van der Waals surface area (Å²) < 4.78 is 12.0. The Hall–Kier alpha value is -4.39. The quantitative estimate of drug-likeness (QED) is 0.424. The lowest BCUT2D eigenvalue weighted by molar-refractivity contribution is -0.121. The highest BCUT2D eigenvalue weighted by atomic mass is 16.7. The Morgan fingerprint density at radius 2 is 1.57 bits per heavy atom. The Kier molecular flexibility index (Phi) is 6.57. The van der Waals surface area contributed by atoms with Crippen LogP contribution in [0.1, 0.15) is 23.5 Å². The SMILES string of the molecule is O=C(Cn1nc(-c2ccc3c(c2)OCO3)ccc1=O)NCCC(c1ccccc1)c1ccccc1. The highest BCUT2D eigenvalue weighted by Gasteiger charge is 2.16. The minimum atomic E-state index is -0.337. The monoisotopic (exact) mass is 467 g/mol. The summed E-state index contributed by atoms with van der Waals surface area (Å²) in [7, 11) is 0. The van der Waals surface area contributed by atoms with Gasteiger partial charge in [0, 0.05) is 24.1 Å². The van der Waals surface area contributed by atoms with Gasteiger partial charge in [0.05, 0.1) is 5.69 Å². The molecule has 0 fully saturated rings. The molecule has 0 bridgehead atoms. The number of amides is 1. The van der Waals surface area contributed by atoms with Crippen molar-refractivity contribution in [2.24, 2.45) is 0 Å². The van der Waals surface area contributed by atoms with Gasteiger partial charge in [-0.15, -0.1) is 0 Å². The number of rotatable bonds is 8. The zero-order chi connectivity index (χ0) is 24.0. The average Bonchev–Trinajstić information content (AvgIpc) is 3.37. The lowest BCUT2D eigenvalue weighted by Crippen LogP contribution is -2.34. The van der Waals surface area contributed by atoms with E-state index in [-0.39, 0.29) is 30.7 Å². The van der Waals surface area contributed by atoms with Crippen molar-refractivity contribution < 1.29 is 14.3 Å². The minimum absolute atomic E-state index is 0.154. The van der Waals surface area contributed by atoms with Gasteiger partial charge >= 0.3 is 0 Å². The summed E-state index contributed by atoms with van der Waals surface area (Å²) in [5.74, 6) is 1.20. The molecule has 2 heterocycles. The van der Waals surface area contributed by atoms with E-state index in [1.54, 1.807) is 12.1 Å². The molecular formula is C28H25N3O4. The summed E-state index contributed by atoms with van der Waals surface area (Å²) in [4.78, 5) is 25.0. The van der Waals surface area contributed by atoms with Crippen molar-refractivity contribution in [1.29, 1.82) is 0 Å². The van der Waals surface area contributed by atoms with Crippen LogP contribution in [0.4, 0.5) is 0 Å². The van der Waals surface area contributed by atoms with E-state index in [1.807, 2.05) is 48.5 Å². The first-order valence-corrected chi connectivity index (χ1v) is 11.5. The summed E-state index contributed by atoms with van der Waals surface area (Å²) in [6.07, 6.45) is 0.735. The molecule has 0 saturated carbocycles. The first kappa shape index (κ1) is 22.4. The zero-order valence-electron chi connectivity index (χ0n) is 19.1. The highest BCUT2D eigenvalue weighted by Crippen LogP contribution is 2.35. The van der Waals surface area contributed by atoms with Crippen LogP contribution in [0.3, 0.4) is 0 Å². The largest absolute Gasteiger partial charge is 0.454 e. The number of fused-ring (bicyclic) bond motifs is 1. The van der Waals surface area contributed by atoms with E-state index in [9.17, 15) is 9.59 Å². The average molecular weight is 468 g/mol. The molecule has 0 aliphatic carbocycles. The smallest absolute Gasteiger partial charge is 0.267 e. The van der Waals surface area contributed by atoms with Crippen LogP contribution < -0.4 is 20.3 Å². The molecule has 35 heavy (non-hydrogen) atoms. The molecule has 3 aromatic carbocycles. The van der Waals surface area contributed by atoms with E-state index in [2.05, 4.69) is 34.7 Å². The number of hydrogen-bond donors (Lipinski definition) is 1. The molecule has 7 nitrogen and oxygen atoms in total. The molecule has 0 atom stereocenters. The maximum atomic E-state index is 12.7. The van der Waals surface area contributed by atoms with Crippen molar-refractivity contribution in [2.75, 3.05) is 13.3 Å². The Morgan fingerprint density at radius 1 is 0.886 bits per heavy atom. The molecule has 4 aromatic rings. The van der Waals surface area contributed by atoms with Gasteiger partial charge in [0.2, 0.25) is 12.7 Å². The highest BCUT2D eigenvalue weighted by molar-refractivity contribution is 5.75. The number of ether oxygens (including phenoxy) is 2. The van der Waals surface area contributed by atoms with Crippen molar-refractivity contribution >= 4 is 5.91 Å². The Labute approximate surface area is 203 Å². The van der Waals surface area contributed by atoms with Crippen LogP contribution in [0.15, 0.2) is 95.8 Å². The van der Waals surface area contributed by atoms with Crippen LogP contribution in [0.25, 0.3) is 11.3 Å². The van der Waals surface area contributed by atoms with E-state index in [0.717, 1.165) is 12.0 Å². The van der Waals surface area contributed by atoms with Crippen LogP contribution in [0.2, 0.25) is 0 Å². The van der Waals surface area contributed by atoms with Gasteiger partial charge in [0.1, 0.15) is 6.54 Å². The third-order valence-electron chi connectivity index (χ3n) is 5.99. The maximum Gasteiger partial charge on any atom is 0.267 e. The van der Waals surface area contributed by atoms with Gasteiger partial charge in [-0.1, -0.05) is 60.7 Å². The minimum Gasteiger partial charge on any atom is -0.454 e. The van der Waals surface area contributed by atoms with Crippen molar-refractivity contribution in [3.63, 3.8) is 0 Å². The standard InChI is InChI=1S/C28H25N3O4/c32-27(29-16-15-23(20-7-3-1-4-8-20)21-9-5-2-6-10-21)18-31-28(33)14-12-24(30-31)22-11-13-25-26(17-22)35-19-34-25/h1-14,17,23H,15-16,18-19H2,(H,29,32). The van der Waals surface area contributed by atoms with Crippen molar-refractivity contribution in [3.05, 3.63) is 112 Å². The number of carbonyl (C=O) groups is 1. The fourth-order valence-corrected chi connectivity index (χ4v) is 4.22. The van der Waals surface area contributed by atoms with Crippen LogP contribution in [0, 0.1) is 0 Å². The van der Waals surface area contributed by atoms with Gasteiger partial charge < -0.3 is 14.8 Å². The summed E-state index contributed by atoms with van der Waals surface area (Å²) >= 11 is 0. The Balaban J connectivity index is 1.25. The molecule has 1 N–H and O–H groups in total. The Morgan fingerprint density at radius 3 is 2.29 bits per heavy atom. The molecule has 0 unspecified atom stereocenters. The van der Waals surface area contributed by atoms with E-state index < -0.39 is 0 Å². The molecule has 1 aromatic heterocycles. The molecular weight excluding hydrogens is 442 g/mol. The topological polar surface area (TPSA) is 82.5 Å². The number of aromatic nitrogens is 2. The second-order valence-corrected chi connectivity index (χ2v) is 8.30. The molecule has 0 saturated heterocycles. The van der Waals surface area contributed by atoms with Crippen molar-refractivity contribution in [1.82, 2.24) is 15.1 Å². The lowest BCUT2D eigenvalue weighted by Gasteiger charge is -2.18. The van der Waals surface area contributed by atoms with Gasteiger partial charge in [0.25, 0.3) is 5.56 Å². The normalized spacial score (nSPS) is 12.0. The summed E-state index contributed by atoms with van der Waals surface area (Å²) in [6, 6.07) is 29.0. The number of hydrogen-bond acceptors (Lipinski definition) is 5. The molecule has 0 radical (unpaired) electrons. The molecule has 176 valence electrons. The van der Waals surface area contributed by atoms with Crippen LogP contribution >= 0.6 is 0 Å². The van der Waals surface area contributed by atoms with Crippen molar-refractivity contribution in [2.45, 2.75) is 18.9 Å².